The van der Waals surface area contributed by atoms with Crippen LogP contribution in [0.5, 0.6) is 0 Å². The molecule has 2 aromatic rings. The Kier molecular flexibility index (Phi) is 8.42. The highest BCUT2D eigenvalue weighted by Crippen LogP contribution is 2.29. The van der Waals surface area contributed by atoms with E-state index in [0.29, 0.717) is 10.0 Å². The Labute approximate surface area is 158 Å². The van der Waals surface area contributed by atoms with Crippen LogP contribution in [-0.2, 0) is 6.54 Å². The monoisotopic (exact) mass is 399 g/mol. The molecule has 0 radical (unpaired) electrons. The molecule has 0 spiro atoms. The first-order valence-corrected chi connectivity index (χ1v) is 8.12. The zero-order valence-corrected chi connectivity index (χ0v) is 15.7. The molecule has 2 atom stereocenters. The van der Waals surface area contributed by atoms with Crippen molar-refractivity contribution in [1.29, 1.82) is 0 Å². The van der Waals surface area contributed by atoms with E-state index in [4.69, 9.17) is 23.2 Å². The highest BCUT2D eigenvalue weighted by Gasteiger charge is 2.21. The minimum absolute atomic E-state index is 0. The lowest BCUT2D eigenvalue weighted by atomic mass is 9.97. The summed E-state index contributed by atoms with van der Waals surface area (Å²) >= 11 is 12.2. The van der Waals surface area contributed by atoms with Crippen molar-refractivity contribution in [3.05, 3.63) is 28.5 Å². The Balaban J connectivity index is 0.00000132. The largest absolute Gasteiger partial charge is 0.392 e. The molecular weight excluding hydrogens is 380 g/mol. The van der Waals surface area contributed by atoms with Gasteiger partial charge in [0.2, 0.25) is 0 Å². The van der Waals surface area contributed by atoms with Gasteiger partial charge in [0.15, 0.2) is 0 Å². The van der Waals surface area contributed by atoms with Gasteiger partial charge in [-0.1, -0.05) is 23.2 Å². The maximum atomic E-state index is 9.95. The zero-order chi connectivity index (χ0) is 14.8. The van der Waals surface area contributed by atoms with E-state index >= 15 is 0 Å². The molecule has 1 aliphatic rings. The van der Waals surface area contributed by atoms with Crippen LogP contribution < -0.4 is 5.32 Å². The molecule has 1 aromatic carbocycles. The molecule has 3 rings (SSSR count). The van der Waals surface area contributed by atoms with E-state index in [-0.39, 0.29) is 37.0 Å². The number of nitrogens with zero attached hydrogens (tertiary/aromatic N) is 2. The van der Waals surface area contributed by atoms with Crippen LogP contribution in [0.4, 0.5) is 0 Å². The number of benzene rings is 1. The topological polar surface area (TPSA) is 50.1 Å². The number of aliphatic hydroxyl groups excluding tert-OH is 1. The van der Waals surface area contributed by atoms with Crippen molar-refractivity contribution in [2.45, 2.75) is 44.4 Å². The SMILES string of the molecule is Cl.Cl.O[C@@H]1CCCN[C@H]1CCCn1cnc2c(Cl)c(Cl)ccc21. The van der Waals surface area contributed by atoms with Crippen molar-refractivity contribution >= 4 is 59.0 Å². The lowest BCUT2D eigenvalue weighted by Crippen LogP contribution is -2.44. The summed E-state index contributed by atoms with van der Waals surface area (Å²) in [6, 6.07) is 3.97. The van der Waals surface area contributed by atoms with Crippen LogP contribution in [0.15, 0.2) is 18.5 Å². The molecule has 1 aromatic heterocycles. The van der Waals surface area contributed by atoms with E-state index in [2.05, 4.69) is 14.9 Å². The van der Waals surface area contributed by atoms with Crippen LogP contribution in [0.2, 0.25) is 10.0 Å². The molecule has 8 heteroatoms. The van der Waals surface area contributed by atoms with Crippen LogP contribution in [0.1, 0.15) is 25.7 Å². The van der Waals surface area contributed by atoms with Gasteiger partial charge in [0, 0.05) is 12.6 Å². The first-order chi connectivity index (χ1) is 10.2. The van der Waals surface area contributed by atoms with Gasteiger partial charge in [0.1, 0.15) is 5.52 Å². The molecular formula is C15H21Cl4N3O. The van der Waals surface area contributed by atoms with E-state index in [0.717, 1.165) is 49.8 Å². The van der Waals surface area contributed by atoms with E-state index < -0.39 is 0 Å². The molecule has 1 fully saturated rings. The van der Waals surface area contributed by atoms with Gasteiger partial charge in [0.25, 0.3) is 0 Å². The average molecular weight is 401 g/mol. The van der Waals surface area contributed by atoms with E-state index in [1.807, 2.05) is 6.07 Å². The van der Waals surface area contributed by atoms with Gasteiger partial charge in [-0.25, -0.2) is 4.98 Å². The van der Waals surface area contributed by atoms with Crippen molar-refractivity contribution < 1.29 is 5.11 Å². The van der Waals surface area contributed by atoms with Crippen LogP contribution >= 0.6 is 48.0 Å². The second-order valence-electron chi connectivity index (χ2n) is 5.58. The molecule has 2 heterocycles. The number of hydrogen-bond donors (Lipinski definition) is 2. The summed E-state index contributed by atoms with van der Waals surface area (Å²) in [7, 11) is 0. The third-order valence-electron chi connectivity index (χ3n) is 4.15. The Bertz CT molecular complexity index is 634. The Morgan fingerprint density at radius 2 is 2.09 bits per heavy atom. The predicted molar refractivity (Wildman–Crippen MR) is 101 cm³/mol. The highest BCUT2D eigenvalue weighted by molar-refractivity contribution is 6.44. The van der Waals surface area contributed by atoms with Gasteiger partial charge in [-0.15, -0.1) is 24.8 Å². The van der Waals surface area contributed by atoms with Gasteiger partial charge < -0.3 is 15.0 Å². The fourth-order valence-corrected chi connectivity index (χ4v) is 3.33. The predicted octanol–water partition coefficient (Wildman–Crippen LogP) is 4.08. The van der Waals surface area contributed by atoms with Gasteiger partial charge in [-0.2, -0.15) is 0 Å². The minimum atomic E-state index is -0.216. The van der Waals surface area contributed by atoms with Crippen LogP contribution in [0, 0.1) is 0 Å². The van der Waals surface area contributed by atoms with Gasteiger partial charge in [0.05, 0.1) is 28.0 Å². The molecule has 130 valence electrons. The van der Waals surface area contributed by atoms with Gasteiger partial charge in [-0.05, 0) is 44.4 Å². The fourth-order valence-electron chi connectivity index (χ4n) is 2.96. The zero-order valence-electron chi connectivity index (χ0n) is 12.5. The summed E-state index contributed by atoms with van der Waals surface area (Å²) in [6.07, 6.45) is 5.50. The van der Waals surface area contributed by atoms with Crippen LogP contribution in [0.3, 0.4) is 0 Å². The number of rotatable bonds is 4. The molecule has 0 saturated carbocycles. The van der Waals surface area contributed by atoms with E-state index in [1.165, 1.54) is 0 Å². The molecule has 1 saturated heterocycles. The van der Waals surface area contributed by atoms with Gasteiger partial charge in [-0.3, -0.25) is 0 Å². The normalized spacial score (nSPS) is 20.8. The second-order valence-corrected chi connectivity index (χ2v) is 6.36. The number of fused-ring (bicyclic) bond motifs is 1. The second kappa shape index (κ2) is 9.30. The molecule has 1 aliphatic heterocycles. The van der Waals surface area contributed by atoms with Crippen LogP contribution in [0.25, 0.3) is 11.0 Å². The molecule has 0 unspecified atom stereocenters. The lowest BCUT2D eigenvalue weighted by Gasteiger charge is -2.29. The Morgan fingerprint density at radius 3 is 2.83 bits per heavy atom. The molecule has 4 nitrogen and oxygen atoms in total. The van der Waals surface area contributed by atoms with Crippen molar-refractivity contribution in [2.24, 2.45) is 0 Å². The first-order valence-electron chi connectivity index (χ1n) is 7.37. The highest BCUT2D eigenvalue weighted by atomic mass is 35.5. The van der Waals surface area contributed by atoms with Crippen LogP contribution in [-0.4, -0.2) is 33.3 Å². The van der Waals surface area contributed by atoms with Crippen molar-refractivity contribution in [3.8, 4) is 0 Å². The maximum Gasteiger partial charge on any atom is 0.109 e. The summed E-state index contributed by atoms with van der Waals surface area (Å²) in [5.74, 6) is 0. The third kappa shape index (κ3) is 4.65. The molecule has 23 heavy (non-hydrogen) atoms. The molecule has 0 aliphatic carbocycles. The summed E-state index contributed by atoms with van der Waals surface area (Å²) in [6.45, 7) is 1.86. The van der Waals surface area contributed by atoms with E-state index in [9.17, 15) is 5.11 Å². The first kappa shape index (κ1) is 20.8. The summed E-state index contributed by atoms with van der Waals surface area (Å²) < 4.78 is 2.09. The molecule has 0 amide bonds. The smallest absolute Gasteiger partial charge is 0.109 e. The minimum Gasteiger partial charge on any atom is -0.392 e. The average Bonchev–Trinajstić information content (AvgIpc) is 2.89. The van der Waals surface area contributed by atoms with Crippen molar-refractivity contribution in [1.82, 2.24) is 14.9 Å². The van der Waals surface area contributed by atoms with Crippen molar-refractivity contribution in [3.63, 3.8) is 0 Å². The molecule has 2 N–H and O–H groups in total. The number of hydrogen-bond acceptors (Lipinski definition) is 3. The van der Waals surface area contributed by atoms with Gasteiger partial charge >= 0.3 is 0 Å². The van der Waals surface area contributed by atoms with Crippen molar-refractivity contribution in [2.75, 3.05) is 6.54 Å². The summed E-state index contributed by atoms with van der Waals surface area (Å²) in [5, 5.41) is 14.4. The number of imidazole rings is 1. The number of aliphatic hydroxyl groups is 1. The standard InChI is InChI=1S/C15H19Cl2N3O.2ClH/c16-10-5-6-12-15(14(10)17)19-9-20(12)8-2-3-11-13(21)4-1-7-18-11;;/h5-6,9,11,13,18,21H,1-4,7-8H2;2*1H/t11-,13+;;/m0../s1. The number of nitrogens with one attached hydrogen (secondary N) is 1. The summed E-state index contributed by atoms with van der Waals surface area (Å²) in [4.78, 5) is 4.34. The van der Waals surface area contributed by atoms with E-state index in [1.54, 1.807) is 12.4 Å². The Hall–Kier alpha value is -0.230. The Morgan fingerprint density at radius 1 is 1.30 bits per heavy atom. The summed E-state index contributed by atoms with van der Waals surface area (Å²) in [5.41, 5.74) is 1.75. The molecule has 0 bridgehead atoms. The number of aromatic nitrogens is 2. The number of piperidine rings is 1. The third-order valence-corrected chi connectivity index (χ3v) is 4.94. The number of halogens is 4. The maximum absolute atomic E-state index is 9.95. The number of aryl methyl sites for hydroxylation is 1. The quantitative estimate of drug-likeness (QED) is 0.812. The lowest BCUT2D eigenvalue weighted by molar-refractivity contribution is 0.0909. The fraction of sp³-hybridized carbons (Fsp3) is 0.533.